The Morgan fingerprint density at radius 3 is 2.59 bits per heavy atom. The molecule has 1 aromatic rings. The summed E-state index contributed by atoms with van der Waals surface area (Å²) in [6, 6.07) is 0. The van der Waals surface area contributed by atoms with Gasteiger partial charge in [0.2, 0.25) is 5.89 Å². The van der Waals surface area contributed by atoms with E-state index in [0.717, 1.165) is 25.0 Å². The van der Waals surface area contributed by atoms with Gasteiger partial charge in [0, 0.05) is 13.1 Å². The zero-order chi connectivity index (χ0) is 16.2. The van der Waals surface area contributed by atoms with E-state index < -0.39 is 0 Å². The summed E-state index contributed by atoms with van der Waals surface area (Å²) in [5, 5.41) is 10.3. The Morgan fingerprint density at radius 2 is 1.95 bits per heavy atom. The van der Waals surface area contributed by atoms with Gasteiger partial charge in [-0.05, 0) is 26.2 Å². The third-order valence-electron chi connectivity index (χ3n) is 3.29. The van der Waals surface area contributed by atoms with Crippen molar-refractivity contribution < 1.29 is 4.52 Å². The van der Waals surface area contributed by atoms with Crippen LogP contribution in [0.4, 0.5) is 0 Å². The molecule has 0 aliphatic rings. The number of nitrogens with one attached hydrogen (secondary N) is 2. The molecule has 6 nitrogen and oxygen atoms in total. The van der Waals surface area contributed by atoms with Gasteiger partial charge in [0.15, 0.2) is 11.8 Å². The molecule has 1 aromatic heterocycles. The summed E-state index contributed by atoms with van der Waals surface area (Å²) in [7, 11) is 0. The van der Waals surface area contributed by atoms with Crippen LogP contribution in [0.25, 0.3) is 0 Å². The van der Waals surface area contributed by atoms with Crippen molar-refractivity contribution in [3.05, 3.63) is 11.7 Å². The third kappa shape index (κ3) is 8.64. The largest absolute Gasteiger partial charge is 0.357 e. The number of aromatic nitrogens is 2. The molecule has 0 aliphatic heterocycles. The van der Waals surface area contributed by atoms with Crippen LogP contribution in [0, 0.1) is 12.8 Å². The highest BCUT2D eigenvalue weighted by Crippen LogP contribution is 2.08. The zero-order valence-electron chi connectivity index (χ0n) is 14.5. The van der Waals surface area contributed by atoms with Crippen LogP contribution in [-0.4, -0.2) is 29.2 Å². The molecule has 0 spiro atoms. The summed E-state index contributed by atoms with van der Waals surface area (Å²) in [5.74, 6) is 2.81. The molecule has 0 bridgehead atoms. The van der Waals surface area contributed by atoms with Gasteiger partial charge in [0.05, 0.1) is 0 Å². The van der Waals surface area contributed by atoms with Crippen LogP contribution in [0.5, 0.6) is 0 Å². The fourth-order valence-corrected chi connectivity index (χ4v) is 2.13. The van der Waals surface area contributed by atoms with Crippen molar-refractivity contribution in [2.75, 3.05) is 13.1 Å². The van der Waals surface area contributed by atoms with Crippen LogP contribution in [0.3, 0.4) is 0 Å². The molecular formula is C16H31N5O. The minimum Gasteiger partial charge on any atom is -0.357 e. The van der Waals surface area contributed by atoms with Crippen molar-refractivity contribution >= 4 is 5.96 Å². The van der Waals surface area contributed by atoms with Gasteiger partial charge in [0.1, 0.15) is 6.54 Å². The molecule has 0 unspecified atom stereocenters. The Labute approximate surface area is 134 Å². The monoisotopic (exact) mass is 309 g/mol. The molecule has 6 heteroatoms. The van der Waals surface area contributed by atoms with Crippen molar-refractivity contribution in [3.8, 4) is 0 Å². The van der Waals surface area contributed by atoms with E-state index in [9.17, 15) is 0 Å². The third-order valence-corrected chi connectivity index (χ3v) is 3.29. The Bertz CT molecular complexity index is 428. The first-order chi connectivity index (χ1) is 10.6. The molecule has 22 heavy (non-hydrogen) atoms. The Kier molecular flexibility index (Phi) is 9.26. The van der Waals surface area contributed by atoms with Crippen molar-refractivity contribution in [1.29, 1.82) is 0 Å². The summed E-state index contributed by atoms with van der Waals surface area (Å²) >= 11 is 0. The highest BCUT2D eigenvalue weighted by atomic mass is 16.5. The predicted molar refractivity (Wildman–Crippen MR) is 89.8 cm³/mol. The number of unbranched alkanes of at least 4 members (excludes halogenated alkanes) is 3. The molecule has 1 heterocycles. The van der Waals surface area contributed by atoms with E-state index in [-0.39, 0.29) is 0 Å². The van der Waals surface area contributed by atoms with Crippen LogP contribution < -0.4 is 10.6 Å². The fraction of sp³-hybridized carbons (Fsp3) is 0.812. The number of guanidine groups is 1. The maximum Gasteiger partial charge on any atom is 0.248 e. The Morgan fingerprint density at radius 1 is 1.18 bits per heavy atom. The molecular weight excluding hydrogens is 278 g/mol. The van der Waals surface area contributed by atoms with E-state index in [1.165, 1.54) is 32.1 Å². The topological polar surface area (TPSA) is 75.3 Å². The summed E-state index contributed by atoms with van der Waals surface area (Å²) in [6.07, 6.45) is 6.42. The van der Waals surface area contributed by atoms with Crippen LogP contribution >= 0.6 is 0 Å². The summed E-state index contributed by atoms with van der Waals surface area (Å²) in [5.41, 5.74) is 0. The van der Waals surface area contributed by atoms with E-state index in [1.807, 2.05) is 0 Å². The van der Waals surface area contributed by atoms with Gasteiger partial charge in [-0.25, -0.2) is 4.99 Å². The Hall–Kier alpha value is -1.59. The number of aryl methyl sites for hydroxylation is 1. The number of hydrogen-bond donors (Lipinski definition) is 2. The SMILES string of the molecule is CCNC(=NCc1nc(C)no1)NCCCCCCC(C)C. The van der Waals surface area contributed by atoms with Crippen LogP contribution in [0.2, 0.25) is 0 Å². The molecule has 0 aliphatic carbocycles. The first kappa shape index (κ1) is 18.5. The fourth-order valence-electron chi connectivity index (χ4n) is 2.13. The lowest BCUT2D eigenvalue weighted by molar-refractivity contribution is 0.376. The van der Waals surface area contributed by atoms with E-state index in [2.05, 4.69) is 46.5 Å². The van der Waals surface area contributed by atoms with Crippen molar-refractivity contribution in [1.82, 2.24) is 20.8 Å². The molecule has 1 rings (SSSR count). The quantitative estimate of drug-likeness (QED) is 0.395. The van der Waals surface area contributed by atoms with Crippen molar-refractivity contribution in [2.24, 2.45) is 10.9 Å². The summed E-state index contributed by atoms with van der Waals surface area (Å²) in [6.45, 7) is 10.6. The molecule has 0 atom stereocenters. The molecule has 0 amide bonds. The molecule has 0 aromatic carbocycles. The lowest BCUT2D eigenvalue weighted by Crippen LogP contribution is -2.37. The van der Waals surface area contributed by atoms with Crippen LogP contribution in [-0.2, 0) is 6.54 Å². The van der Waals surface area contributed by atoms with E-state index in [4.69, 9.17) is 4.52 Å². The second kappa shape index (κ2) is 11.0. The summed E-state index contributed by atoms with van der Waals surface area (Å²) in [4.78, 5) is 8.60. The molecule has 0 fully saturated rings. The average molecular weight is 309 g/mol. The minimum absolute atomic E-state index is 0.407. The molecule has 126 valence electrons. The molecule has 0 radical (unpaired) electrons. The van der Waals surface area contributed by atoms with Crippen molar-refractivity contribution in [3.63, 3.8) is 0 Å². The first-order valence-corrected chi connectivity index (χ1v) is 8.43. The molecule has 0 saturated carbocycles. The van der Waals surface area contributed by atoms with Gasteiger partial charge in [0.25, 0.3) is 0 Å². The van der Waals surface area contributed by atoms with Crippen LogP contribution in [0.15, 0.2) is 9.52 Å². The van der Waals surface area contributed by atoms with Gasteiger partial charge >= 0.3 is 0 Å². The second-order valence-electron chi connectivity index (χ2n) is 5.95. The van der Waals surface area contributed by atoms with E-state index in [0.29, 0.717) is 18.3 Å². The average Bonchev–Trinajstić information content (AvgIpc) is 2.89. The summed E-state index contributed by atoms with van der Waals surface area (Å²) < 4.78 is 5.06. The van der Waals surface area contributed by atoms with Crippen molar-refractivity contribution in [2.45, 2.75) is 66.3 Å². The number of hydrogen-bond acceptors (Lipinski definition) is 4. The maximum atomic E-state index is 5.06. The molecule has 2 N–H and O–H groups in total. The highest BCUT2D eigenvalue weighted by Gasteiger charge is 2.02. The van der Waals surface area contributed by atoms with Gasteiger partial charge in [-0.3, -0.25) is 0 Å². The normalized spacial score (nSPS) is 12.0. The standard InChI is InChI=1S/C16H31N5O/c1-5-17-16(19-12-15-20-14(4)21-22-15)18-11-9-7-6-8-10-13(2)3/h13H,5-12H2,1-4H3,(H2,17,18,19). The van der Waals surface area contributed by atoms with Gasteiger partial charge in [-0.1, -0.05) is 44.7 Å². The second-order valence-corrected chi connectivity index (χ2v) is 5.95. The van der Waals surface area contributed by atoms with E-state index in [1.54, 1.807) is 6.92 Å². The zero-order valence-corrected chi connectivity index (χ0v) is 14.5. The van der Waals surface area contributed by atoms with Crippen LogP contribution in [0.1, 0.15) is 64.6 Å². The van der Waals surface area contributed by atoms with Gasteiger partial charge < -0.3 is 15.2 Å². The number of aliphatic imine (C=N–C) groups is 1. The van der Waals surface area contributed by atoms with E-state index >= 15 is 0 Å². The lowest BCUT2D eigenvalue weighted by atomic mass is 10.0. The first-order valence-electron chi connectivity index (χ1n) is 8.43. The lowest BCUT2D eigenvalue weighted by Gasteiger charge is -2.10. The molecule has 0 saturated heterocycles. The maximum absolute atomic E-state index is 5.06. The highest BCUT2D eigenvalue weighted by molar-refractivity contribution is 5.79. The number of nitrogens with zero attached hydrogens (tertiary/aromatic N) is 3. The minimum atomic E-state index is 0.407. The smallest absolute Gasteiger partial charge is 0.248 e. The predicted octanol–water partition coefficient (Wildman–Crippen LogP) is 3.04. The Balaban J connectivity index is 2.20. The van der Waals surface area contributed by atoms with Gasteiger partial charge in [-0.15, -0.1) is 0 Å². The van der Waals surface area contributed by atoms with Gasteiger partial charge in [-0.2, -0.15) is 4.98 Å². The number of rotatable bonds is 10.